The second-order valence-corrected chi connectivity index (χ2v) is 6.60. The van der Waals surface area contributed by atoms with Gasteiger partial charge >= 0.3 is 10.3 Å². The smallest absolute Gasteiger partial charge is 0.333 e. The first kappa shape index (κ1) is 17.9. The summed E-state index contributed by atoms with van der Waals surface area (Å²) in [6.45, 7) is -0.544. The van der Waals surface area contributed by atoms with Crippen molar-refractivity contribution in [1.82, 2.24) is 19.7 Å². The van der Waals surface area contributed by atoms with Crippen LogP contribution < -0.4 is 16.6 Å². The van der Waals surface area contributed by atoms with E-state index < -0.39 is 41.5 Å². The van der Waals surface area contributed by atoms with E-state index in [9.17, 15) is 18.6 Å². The van der Waals surface area contributed by atoms with Gasteiger partial charge in [0.05, 0.1) is 17.7 Å². The zero-order valence-electron chi connectivity index (χ0n) is 12.8. The van der Waals surface area contributed by atoms with Gasteiger partial charge in [0, 0.05) is 6.54 Å². The summed E-state index contributed by atoms with van der Waals surface area (Å²) in [5, 5.41) is 29.7. The number of anilines is 1. The Morgan fingerprint density at radius 1 is 1.32 bits per heavy atom. The molecule has 0 aliphatic carbocycles. The van der Waals surface area contributed by atoms with Gasteiger partial charge in [0.25, 0.3) is 0 Å². The highest BCUT2D eigenvalue weighted by Crippen LogP contribution is 2.33. The van der Waals surface area contributed by atoms with Crippen LogP contribution in [-0.2, 0) is 25.8 Å². The molecule has 2 aromatic rings. The number of aromatic nitrogens is 4. The maximum atomic E-state index is 10.9. The first-order valence-electron chi connectivity index (χ1n) is 7.09. The third-order valence-electron chi connectivity index (χ3n) is 3.76. The Morgan fingerprint density at radius 3 is 2.68 bits per heavy atom. The summed E-state index contributed by atoms with van der Waals surface area (Å²) in [4.78, 5) is 7.92. The minimum atomic E-state index is -4.22. The molecule has 0 spiro atoms. The Morgan fingerprint density at radius 2 is 2.04 bits per heavy atom. The molecule has 138 valence electrons. The number of nitrogens with two attached hydrogens (primary N) is 3. The van der Waals surface area contributed by atoms with E-state index in [1.807, 2.05) is 0 Å². The SMILES string of the molecule is NCc1nn([C@@H]2O[C@H](COS(N)(=O)=O)[C@@H](O)[C@H]2O)c2ncnc(N)c12. The lowest BCUT2D eigenvalue weighted by atomic mass is 10.1. The number of hydrogen-bond acceptors (Lipinski definition) is 11. The first-order chi connectivity index (χ1) is 11.7. The summed E-state index contributed by atoms with van der Waals surface area (Å²) in [7, 11) is -4.22. The minimum Gasteiger partial charge on any atom is -0.387 e. The largest absolute Gasteiger partial charge is 0.387 e. The fourth-order valence-electron chi connectivity index (χ4n) is 2.62. The molecule has 0 radical (unpaired) electrons. The van der Waals surface area contributed by atoms with Gasteiger partial charge in [0.15, 0.2) is 11.9 Å². The number of rotatable bonds is 5. The fourth-order valence-corrected chi connectivity index (χ4v) is 2.94. The Balaban J connectivity index is 1.94. The standard InChI is InChI=1S/C11H17N7O6S/c12-1-4-6-9(13)15-3-16-10(6)18(17-4)11-8(20)7(19)5(24-11)2-23-25(14,21)22/h3,5,7-8,11,19-20H,1-2,12H2,(H2,13,15,16)(H2,14,21,22)/t5-,7-,8-,11-/m1/s1. The van der Waals surface area contributed by atoms with Gasteiger partial charge in [-0.15, -0.1) is 0 Å². The van der Waals surface area contributed by atoms with Gasteiger partial charge in [-0.05, 0) is 0 Å². The second-order valence-electron chi connectivity index (χ2n) is 5.38. The Hall–Kier alpha value is -1.94. The van der Waals surface area contributed by atoms with Crippen LogP contribution in [0.25, 0.3) is 11.0 Å². The molecule has 2 aromatic heterocycles. The van der Waals surface area contributed by atoms with E-state index in [0.29, 0.717) is 11.1 Å². The van der Waals surface area contributed by atoms with Crippen molar-refractivity contribution in [2.75, 3.05) is 12.3 Å². The third-order valence-corrected chi connectivity index (χ3v) is 4.22. The zero-order chi connectivity index (χ0) is 18.4. The van der Waals surface area contributed by atoms with Gasteiger partial charge in [-0.25, -0.2) is 19.8 Å². The summed E-state index contributed by atoms with van der Waals surface area (Å²) in [5.41, 5.74) is 12.1. The van der Waals surface area contributed by atoms with Crippen molar-refractivity contribution >= 4 is 27.2 Å². The van der Waals surface area contributed by atoms with Crippen molar-refractivity contribution in [1.29, 1.82) is 0 Å². The number of ether oxygens (including phenoxy) is 1. The molecule has 0 aromatic carbocycles. The summed E-state index contributed by atoms with van der Waals surface area (Å²) in [6.07, 6.45) is -3.99. The normalized spacial score (nSPS) is 27.2. The second kappa shape index (κ2) is 6.41. The van der Waals surface area contributed by atoms with Crippen molar-refractivity contribution in [3.63, 3.8) is 0 Å². The molecule has 0 bridgehead atoms. The van der Waals surface area contributed by atoms with Gasteiger partial charge < -0.3 is 26.4 Å². The Kier molecular flexibility index (Phi) is 4.58. The summed E-state index contributed by atoms with van der Waals surface area (Å²) >= 11 is 0. The third kappa shape index (κ3) is 3.28. The van der Waals surface area contributed by atoms with E-state index >= 15 is 0 Å². The highest BCUT2D eigenvalue weighted by Gasteiger charge is 2.45. The molecule has 1 aliphatic heterocycles. The highest BCUT2D eigenvalue weighted by molar-refractivity contribution is 7.84. The number of aliphatic hydroxyl groups is 2. The van der Waals surface area contributed by atoms with Crippen LogP contribution in [0.15, 0.2) is 6.33 Å². The molecular weight excluding hydrogens is 358 g/mol. The van der Waals surface area contributed by atoms with E-state index in [1.165, 1.54) is 11.0 Å². The zero-order valence-corrected chi connectivity index (χ0v) is 13.6. The molecule has 0 unspecified atom stereocenters. The van der Waals surface area contributed by atoms with Gasteiger partial charge in [0.2, 0.25) is 0 Å². The molecule has 25 heavy (non-hydrogen) atoms. The van der Waals surface area contributed by atoms with Crippen molar-refractivity contribution in [3.05, 3.63) is 12.0 Å². The summed E-state index contributed by atoms with van der Waals surface area (Å²) in [6, 6.07) is 0. The topological polar surface area (TPSA) is 215 Å². The van der Waals surface area contributed by atoms with E-state index in [1.54, 1.807) is 0 Å². The molecular formula is C11H17N7O6S. The molecule has 4 atom stereocenters. The summed E-state index contributed by atoms with van der Waals surface area (Å²) < 4.78 is 32.9. The Bertz CT molecular complexity index is 886. The van der Waals surface area contributed by atoms with Gasteiger partial charge in [-0.1, -0.05) is 0 Å². The number of fused-ring (bicyclic) bond motifs is 1. The maximum Gasteiger partial charge on any atom is 0.333 e. The van der Waals surface area contributed by atoms with Crippen LogP contribution in [0.2, 0.25) is 0 Å². The van der Waals surface area contributed by atoms with Crippen molar-refractivity contribution < 1.29 is 27.6 Å². The quantitative estimate of drug-likeness (QED) is 0.349. The van der Waals surface area contributed by atoms with E-state index in [-0.39, 0.29) is 18.0 Å². The predicted molar refractivity (Wildman–Crippen MR) is 82.6 cm³/mol. The number of hydrogen-bond donors (Lipinski definition) is 5. The number of nitrogen functional groups attached to an aromatic ring is 1. The molecule has 0 amide bonds. The van der Waals surface area contributed by atoms with Crippen molar-refractivity contribution in [2.24, 2.45) is 10.9 Å². The average Bonchev–Trinajstić information content (AvgIpc) is 3.05. The molecule has 1 fully saturated rings. The van der Waals surface area contributed by atoms with Gasteiger partial charge in [0.1, 0.15) is 30.5 Å². The Labute approximate surface area is 141 Å². The highest BCUT2D eigenvalue weighted by atomic mass is 32.2. The first-order valence-corrected chi connectivity index (χ1v) is 8.56. The lowest BCUT2D eigenvalue weighted by Gasteiger charge is -2.15. The molecule has 1 aliphatic rings. The van der Waals surface area contributed by atoms with Crippen LogP contribution in [0.4, 0.5) is 5.82 Å². The van der Waals surface area contributed by atoms with Gasteiger partial charge in [-0.3, -0.25) is 4.18 Å². The van der Waals surface area contributed by atoms with Crippen molar-refractivity contribution in [3.8, 4) is 0 Å². The molecule has 13 nitrogen and oxygen atoms in total. The molecule has 8 N–H and O–H groups in total. The lowest BCUT2D eigenvalue weighted by molar-refractivity contribution is -0.0528. The van der Waals surface area contributed by atoms with Gasteiger partial charge in [-0.2, -0.15) is 13.5 Å². The predicted octanol–water partition coefficient (Wildman–Crippen LogP) is -3.29. The van der Waals surface area contributed by atoms with E-state index in [4.69, 9.17) is 21.3 Å². The van der Waals surface area contributed by atoms with Crippen LogP contribution in [0.1, 0.15) is 11.9 Å². The molecule has 0 saturated carbocycles. The van der Waals surface area contributed by atoms with Crippen LogP contribution in [0.3, 0.4) is 0 Å². The average molecular weight is 375 g/mol. The van der Waals surface area contributed by atoms with Crippen LogP contribution in [0.5, 0.6) is 0 Å². The maximum absolute atomic E-state index is 10.9. The summed E-state index contributed by atoms with van der Waals surface area (Å²) in [5.74, 6) is 0.152. The number of nitrogens with zero attached hydrogens (tertiary/aromatic N) is 4. The van der Waals surface area contributed by atoms with Crippen molar-refractivity contribution in [2.45, 2.75) is 31.1 Å². The van der Waals surface area contributed by atoms with E-state index in [2.05, 4.69) is 19.2 Å². The lowest BCUT2D eigenvalue weighted by Crippen LogP contribution is -2.35. The van der Waals surface area contributed by atoms with E-state index in [0.717, 1.165) is 0 Å². The van der Waals surface area contributed by atoms with Crippen LogP contribution in [-0.4, -0.2) is 63.3 Å². The molecule has 3 rings (SSSR count). The monoisotopic (exact) mass is 375 g/mol. The minimum absolute atomic E-state index is 0.0321. The van der Waals surface area contributed by atoms with Crippen LogP contribution >= 0.6 is 0 Å². The number of aliphatic hydroxyl groups excluding tert-OH is 2. The molecule has 3 heterocycles. The van der Waals surface area contributed by atoms with Crippen LogP contribution in [0, 0.1) is 0 Å². The fraction of sp³-hybridized carbons (Fsp3) is 0.545. The molecule has 14 heteroatoms. The molecule has 1 saturated heterocycles.